The van der Waals surface area contributed by atoms with Crippen molar-refractivity contribution in [1.29, 1.82) is 0 Å². The summed E-state index contributed by atoms with van der Waals surface area (Å²) in [6, 6.07) is 0. The molecule has 0 saturated heterocycles. The number of carboxylic acids is 2. The molecular weight excluding hydrogens is 286 g/mol. The van der Waals surface area contributed by atoms with E-state index >= 15 is 0 Å². The zero-order valence-corrected chi connectivity index (χ0v) is 14.3. The molecule has 0 rings (SSSR count). The predicted octanol–water partition coefficient (Wildman–Crippen LogP) is 0.975. The van der Waals surface area contributed by atoms with Crippen molar-refractivity contribution in [2.45, 2.75) is 66.6 Å². The fraction of sp³-hybridized carbons (Fsp3) is 0.857. The van der Waals surface area contributed by atoms with Crippen LogP contribution in [0.15, 0.2) is 0 Å². The van der Waals surface area contributed by atoms with Crippen LogP contribution in [0.3, 0.4) is 0 Å². The Bertz CT molecular complexity index is 288. The highest BCUT2D eigenvalue weighted by atomic mass is 16.4. The standard InChI is InChI=1S/2C7H14O3.2B/c2*1-7(2,3)4-5(8)6(9)10;;/h2*5,8H,4H2,1-3H3,(H,9,10);;. The van der Waals surface area contributed by atoms with E-state index in [0.29, 0.717) is 12.8 Å². The van der Waals surface area contributed by atoms with E-state index < -0.39 is 24.1 Å². The van der Waals surface area contributed by atoms with Crippen molar-refractivity contribution in [3.63, 3.8) is 0 Å². The average Bonchev–Trinajstić information content (AvgIpc) is 2.12. The first-order valence-electron chi connectivity index (χ1n) is 6.47. The fourth-order valence-electron chi connectivity index (χ4n) is 1.33. The third-order valence-corrected chi connectivity index (χ3v) is 2.18. The van der Waals surface area contributed by atoms with Crippen LogP contribution in [-0.2, 0) is 9.59 Å². The molecule has 4 N–H and O–H groups in total. The molecule has 6 nitrogen and oxygen atoms in total. The van der Waals surface area contributed by atoms with Gasteiger partial charge in [-0.05, 0) is 23.7 Å². The summed E-state index contributed by atoms with van der Waals surface area (Å²) in [6.45, 7) is 11.3. The lowest BCUT2D eigenvalue weighted by atomic mass is 9.89. The number of hydrogen-bond acceptors (Lipinski definition) is 4. The van der Waals surface area contributed by atoms with Gasteiger partial charge in [-0.15, -0.1) is 0 Å². The second-order valence-corrected chi connectivity index (χ2v) is 7.24. The van der Waals surface area contributed by atoms with E-state index in [1.54, 1.807) is 0 Å². The van der Waals surface area contributed by atoms with Gasteiger partial charge in [-0.1, -0.05) is 41.5 Å². The van der Waals surface area contributed by atoms with Crippen molar-refractivity contribution in [2.24, 2.45) is 10.8 Å². The number of hydrogen-bond donors (Lipinski definition) is 4. The van der Waals surface area contributed by atoms with Crippen LogP contribution >= 0.6 is 0 Å². The van der Waals surface area contributed by atoms with E-state index in [4.69, 9.17) is 20.4 Å². The summed E-state index contributed by atoms with van der Waals surface area (Å²) >= 11 is 0. The van der Waals surface area contributed by atoms with Gasteiger partial charge in [0.2, 0.25) is 0 Å². The Morgan fingerprint density at radius 1 is 0.727 bits per heavy atom. The summed E-state index contributed by atoms with van der Waals surface area (Å²) in [7, 11) is 0. The lowest BCUT2D eigenvalue weighted by Crippen LogP contribution is -2.25. The number of aliphatic hydroxyl groups is 2. The predicted molar refractivity (Wildman–Crippen MR) is 86.9 cm³/mol. The van der Waals surface area contributed by atoms with Gasteiger partial charge < -0.3 is 20.4 Å². The molecule has 0 aliphatic rings. The Morgan fingerprint density at radius 2 is 0.909 bits per heavy atom. The third kappa shape index (κ3) is 21.3. The van der Waals surface area contributed by atoms with Crippen molar-refractivity contribution < 1.29 is 30.0 Å². The molecule has 2 unspecified atom stereocenters. The molecule has 6 radical (unpaired) electrons. The van der Waals surface area contributed by atoms with Crippen molar-refractivity contribution in [1.82, 2.24) is 0 Å². The number of carbonyl (C=O) groups is 2. The van der Waals surface area contributed by atoms with Crippen molar-refractivity contribution in [2.75, 3.05) is 0 Å². The van der Waals surface area contributed by atoms with Gasteiger partial charge in [0.1, 0.15) is 0 Å². The molecule has 0 aliphatic heterocycles. The van der Waals surface area contributed by atoms with E-state index in [0.717, 1.165) is 0 Å². The lowest BCUT2D eigenvalue weighted by Gasteiger charge is -2.19. The van der Waals surface area contributed by atoms with Gasteiger partial charge in [0.05, 0.1) is 0 Å². The van der Waals surface area contributed by atoms with E-state index in [1.807, 2.05) is 41.5 Å². The van der Waals surface area contributed by atoms with Gasteiger partial charge >= 0.3 is 11.9 Å². The molecule has 22 heavy (non-hydrogen) atoms. The first kappa shape index (κ1) is 29.1. The number of aliphatic hydroxyl groups excluding tert-OH is 2. The zero-order chi connectivity index (χ0) is 16.7. The van der Waals surface area contributed by atoms with E-state index in [2.05, 4.69) is 0 Å². The maximum atomic E-state index is 10.1. The Hall–Kier alpha value is -1.01. The number of aliphatic carboxylic acids is 2. The molecule has 8 heteroatoms. The summed E-state index contributed by atoms with van der Waals surface area (Å²) in [5, 5.41) is 34.3. The molecule has 0 fully saturated rings. The quantitative estimate of drug-likeness (QED) is 0.575. The summed E-state index contributed by atoms with van der Waals surface area (Å²) in [6.07, 6.45) is -1.86. The van der Waals surface area contributed by atoms with Gasteiger partial charge in [0.15, 0.2) is 12.2 Å². The molecule has 0 aliphatic carbocycles. The molecule has 0 aromatic heterocycles. The van der Waals surface area contributed by atoms with E-state index in [9.17, 15) is 9.59 Å². The largest absolute Gasteiger partial charge is 0.479 e. The van der Waals surface area contributed by atoms with Crippen LogP contribution in [0.4, 0.5) is 0 Å². The Kier molecular flexibility index (Phi) is 15.2. The van der Waals surface area contributed by atoms with Crippen LogP contribution in [0.2, 0.25) is 0 Å². The maximum absolute atomic E-state index is 10.1. The SMILES string of the molecule is CC(C)(C)CC(O)C(=O)O.CC(C)(C)CC(O)C(=O)O.[B].[B]. The fourth-order valence-corrected chi connectivity index (χ4v) is 1.33. The Balaban J connectivity index is -0.000000135. The summed E-state index contributed by atoms with van der Waals surface area (Å²) in [4.78, 5) is 20.3. The summed E-state index contributed by atoms with van der Waals surface area (Å²) in [5.41, 5.74) is -0.254. The van der Waals surface area contributed by atoms with Gasteiger partial charge in [-0.3, -0.25) is 0 Å². The van der Waals surface area contributed by atoms with Gasteiger partial charge in [0.25, 0.3) is 0 Å². The monoisotopic (exact) mass is 314 g/mol. The van der Waals surface area contributed by atoms with Crippen LogP contribution in [0, 0.1) is 10.8 Å². The molecule has 0 amide bonds. The van der Waals surface area contributed by atoms with Crippen LogP contribution in [0.1, 0.15) is 54.4 Å². The van der Waals surface area contributed by atoms with Crippen molar-refractivity contribution in [3.8, 4) is 0 Å². The Labute approximate surface area is 137 Å². The lowest BCUT2D eigenvalue weighted by molar-refractivity contribution is -0.148. The highest BCUT2D eigenvalue weighted by Gasteiger charge is 2.22. The highest BCUT2D eigenvalue weighted by Crippen LogP contribution is 2.21. The van der Waals surface area contributed by atoms with Crippen molar-refractivity contribution >= 4 is 28.8 Å². The normalized spacial score (nSPS) is 13.5. The van der Waals surface area contributed by atoms with Gasteiger partial charge in [-0.2, -0.15) is 0 Å². The molecule has 0 saturated carbocycles. The first-order valence-corrected chi connectivity index (χ1v) is 6.47. The molecule has 0 aromatic rings. The second kappa shape index (κ2) is 11.5. The zero-order valence-electron chi connectivity index (χ0n) is 14.3. The second-order valence-electron chi connectivity index (χ2n) is 7.24. The maximum Gasteiger partial charge on any atom is 0.332 e. The topological polar surface area (TPSA) is 115 Å². The van der Waals surface area contributed by atoms with Gasteiger partial charge in [0, 0.05) is 16.8 Å². The molecule has 0 aromatic carbocycles. The molecule has 2 atom stereocenters. The number of carboxylic acid groups (broad SMARTS) is 2. The van der Waals surface area contributed by atoms with E-state index in [1.165, 1.54) is 0 Å². The summed E-state index contributed by atoms with van der Waals surface area (Å²) < 4.78 is 0. The first-order chi connectivity index (χ1) is 8.65. The molecular formula is C14H28B2O6. The minimum atomic E-state index is -1.22. The van der Waals surface area contributed by atoms with Crippen LogP contribution < -0.4 is 0 Å². The van der Waals surface area contributed by atoms with Crippen LogP contribution in [0.25, 0.3) is 0 Å². The molecule has 126 valence electrons. The smallest absolute Gasteiger partial charge is 0.332 e. The average molecular weight is 314 g/mol. The minimum Gasteiger partial charge on any atom is -0.479 e. The molecule has 0 heterocycles. The van der Waals surface area contributed by atoms with E-state index in [-0.39, 0.29) is 27.7 Å². The summed E-state index contributed by atoms with van der Waals surface area (Å²) in [5.74, 6) is -2.29. The highest BCUT2D eigenvalue weighted by molar-refractivity contribution is 5.76. The van der Waals surface area contributed by atoms with Crippen LogP contribution in [-0.4, -0.2) is 61.4 Å². The van der Waals surface area contributed by atoms with Crippen LogP contribution in [0.5, 0.6) is 0 Å². The molecule has 0 bridgehead atoms. The third-order valence-electron chi connectivity index (χ3n) is 2.18. The number of rotatable bonds is 4. The van der Waals surface area contributed by atoms with Gasteiger partial charge in [-0.25, -0.2) is 9.59 Å². The van der Waals surface area contributed by atoms with Crippen molar-refractivity contribution in [3.05, 3.63) is 0 Å². The Morgan fingerprint density at radius 3 is 0.955 bits per heavy atom. The molecule has 0 spiro atoms. The minimum absolute atomic E-state index is 0.